The van der Waals surface area contributed by atoms with Crippen LogP contribution in [0.4, 0.5) is 10.1 Å². The molecule has 2 aromatic carbocycles. The minimum Gasteiger partial charge on any atom is -0.506 e. The van der Waals surface area contributed by atoms with Crippen molar-refractivity contribution in [3.05, 3.63) is 52.3 Å². The molecule has 0 heterocycles. The van der Waals surface area contributed by atoms with Gasteiger partial charge >= 0.3 is 0 Å². The van der Waals surface area contributed by atoms with Gasteiger partial charge in [0.05, 0.1) is 15.6 Å². The van der Waals surface area contributed by atoms with Gasteiger partial charge in [0.2, 0.25) is 0 Å². The average molecular weight is 336 g/mol. The van der Waals surface area contributed by atoms with Gasteiger partial charge in [0, 0.05) is 5.02 Å². The first-order chi connectivity index (χ1) is 9.29. The van der Waals surface area contributed by atoms with Gasteiger partial charge in [-0.15, -0.1) is 0 Å². The highest BCUT2D eigenvalue weighted by Gasteiger charge is 2.17. The molecule has 2 rings (SSSR count). The largest absolute Gasteiger partial charge is 0.506 e. The van der Waals surface area contributed by atoms with Crippen molar-refractivity contribution in [3.8, 4) is 5.75 Å². The number of hydrogen-bond acceptors (Lipinski definition) is 3. The SMILES string of the molecule is O=S(=O)(Nc1cc(Cl)ccc1O)c1ccc(F)c(Cl)c1. The molecule has 0 amide bonds. The van der Waals surface area contributed by atoms with Crippen molar-refractivity contribution in [3.63, 3.8) is 0 Å². The highest BCUT2D eigenvalue weighted by Crippen LogP contribution is 2.29. The highest BCUT2D eigenvalue weighted by molar-refractivity contribution is 7.92. The standard InChI is InChI=1S/C12H8Cl2FNO3S/c13-7-1-4-12(17)11(5-7)16-20(18,19)8-2-3-10(15)9(14)6-8/h1-6,16-17H. The summed E-state index contributed by atoms with van der Waals surface area (Å²) in [5.74, 6) is -1.01. The Balaban J connectivity index is 2.40. The number of sulfonamides is 1. The Morgan fingerprint density at radius 1 is 1.10 bits per heavy atom. The first-order valence-electron chi connectivity index (χ1n) is 5.26. The van der Waals surface area contributed by atoms with E-state index in [9.17, 15) is 17.9 Å². The van der Waals surface area contributed by atoms with Crippen molar-refractivity contribution in [2.24, 2.45) is 0 Å². The van der Waals surface area contributed by atoms with E-state index in [0.29, 0.717) is 0 Å². The molecule has 106 valence electrons. The first kappa shape index (κ1) is 14.9. The van der Waals surface area contributed by atoms with Gasteiger partial charge in [-0.2, -0.15) is 0 Å². The summed E-state index contributed by atoms with van der Waals surface area (Å²) in [6, 6.07) is 6.88. The van der Waals surface area contributed by atoms with Crippen molar-refractivity contribution < 1.29 is 17.9 Å². The normalized spacial score (nSPS) is 11.3. The number of rotatable bonds is 3. The maximum atomic E-state index is 13.0. The lowest BCUT2D eigenvalue weighted by Crippen LogP contribution is -2.13. The molecule has 0 unspecified atom stereocenters. The highest BCUT2D eigenvalue weighted by atomic mass is 35.5. The molecule has 0 aliphatic carbocycles. The summed E-state index contributed by atoms with van der Waals surface area (Å²) in [4.78, 5) is -0.233. The van der Waals surface area contributed by atoms with E-state index in [1.165, 1.54) is 18.2 Å². The molecule has 0 bridgehead atoms. The summed E-state index contributed by atoms with van der Waals surface area (Å²) in [5.41, 5.74) is -0.0852. The Morgan fingerprint density at radius 3 is 2.45 bits per heavy atom. The molecule has 8 heteroatoms. The second kappa shape index (κ2) is 5.47. The summed E-state index contributed by atoms with van der Waals surface area (Å²) < 4.78 is 39.3. The van der Waals surface area contributed by atoms with Gasteiger partial charge in [0.25, 0.3) is 10.0 Å². The first-order valence-corrected chi connectivity index (χ1v) is 7.50. The third-order valence-electron chi connectivity index (χ3n) is 2.40. The van der Waals surface area contributed by atoms with Gasteiger partial charge in [-0.3, -0.25) is 4.72 Å². The summed E-state index contributed by atoms with van der Waals surface area (Å²) in [6.07, 6.45) is 0. The number of phenols is 1. The number of aromatic hydroxyl groups is 1. The molecule has 0 atom stereocenters. The van der Waals surface area contributed by atoms with Crippen LogP contribution in [0.2, 0.25) is 10.0 Å². The van der Waals surface area contributed by atoms with Gasteiger partial charge in [0.1, 0.15) is 11.6 Å². The monoisotopic (exact) mass is 335 g/mol. The van der Waals surface area contributed by atoms with Crippen molar-refractivity contribution in [1.82, 2.24) is 0 Å². The van der Waals surface area contributed by atoms with Crippen LogP contribution in [0.1, 0.15) is 0 Å². The molecule has 0 aromatic heterocycles. The maximum Gasteiger partial charge on any atom is 0.262 e. The molecule has 0 radical (unpaired) electrons. The van der Waals surface area contributed by atoms with Gasteiger partial charge in [-0.05, 0) is 36.4 Å². The second-order valence-electron chi connectivity index (χ2n) is 3.84. The van der Waals surface area contributed by atoms with Crippen molar-refractivity contribution in [2.45, 2.75) is 4.90 Å². The lowest BCUT2D eigenvalue weighted by Gasteiger charge is -2.10. The number of nitrogens with one attached hydrogen (secondary N) is 1. The molecule has 0 aliphatic rings. The fraction of sp³-hybridized carbons (Fsp3) is 0. The van der Waals surface area contributed by atoms with Crippen molar-refractivity contribution >= 4 is 38.9 Å². The van der Waals surface area contributed by atoms with E-state index in [1.54, 1.807) is 0 Å². The Hall–Kier alpha value is -1.50. The van der Waals surface area contributed by atoms with E-state index in [0.717, 1.165) is 18.2 Å². The predicted molar refractivity (Wildman–Crippen MR) is 75.3 cm³/mol. The lowest BCUT2D eigenvalue weighted by atomic mass is 10.3. The Labute approximate surface area is 124 Å². The number of halogens is 3. The molecule has 0 aliphatic heterocycles. The fourth-order valence-electron chi connectivity index (χ4n) is 1.44. The molecular formula is C12H8Cl2FNO3S. The summed E-state index contributed by atoms with van der Waals surface area (Å²) in [7, 11) is -4.01. The minimum atomic E-state index is -4.01. The third kappa shape index (κ3) is 3.15. The fourth-order valence-corrected chi connectivity index (χ4v) is 2.95. The van der Waals surface area contributed by atoms with Gasteiger partial charge < -0.3 is 5.11 Å². The van der Waals surface area contributed by atoms with E-state index in [4.69, 9.17) is 23.2 Å². The smallest absolute Gasteiger partial charge is 0.262 e. The van der Waals surface area contributed by atoms with Gasteiger partial charge in [-0.25, -0.2) is 12.8 Å². The number of phenolic OH excluding ortho intramolecular Hbond substituents is 1. The zero-order valence-electron chi connectivity index (χ0n) is 9.77. The van der Waals surface area contributed by atoms with Crippen LogP contribution in [0.25, 0.3) is 0 Å². The number of anilines is 1. The molecule has 2 aromatic rings. The minimum absolute atomic E-state index is 0.0852. The average Bonchev–Trinajstić information content (AvgIpc) is 2.36. The van der Waals surface area contributed by atoms with E-state index < -0.39 is 15.8 Å². The molecule has 20 heavy (non-hydrogen) atoms. The topological polar surface area (TPSA) is 66.4 Å². The molecule has 4 nitrogen and oxygen atoms in total. The maximum absolute atomic E-state index is 13.0. The predicted octanol–water partition coefficient (Wildman–Crippen LogP) is 3.64. The lowest BCUT2D eigenvalue weighted by molar-refractivity contribution is 0.477. The van der Waals surface area contributed by atoms with Gasteiger partial charge in [0.15, 0.2) is 0 Å². The van der Waals surface area contributed by atoms with E-state index in [2.05, 4.69) is 4.72 Å². The molecule has 0 fully saturated rings. The molecule has 0 saturated heterocycles. The van der Waals surface area contributed by atoms with E-state index >= 15 is 0 Å². The van der Waals surface area contributed by atoms with Crippen LogP contribution in [-0.4, -0.2) is 13.5 Å². The van der Waals surface area contributed by atoms with Crippen LogP contribution in [0.3, 0.4) is 0 Å². The van der Waals surface area contributed by atoms with Crippen LogP contribution in [0, 0.1) is 5.82 Å². The summed E-state index contributed by atoms with van der Waals surface area (Å²) in [6.45, 7) is 0. The van der Waals surface area contributed by atoms with Crippen LogP contribution >= 0.6 is 23.2 Å². The molecule has 0 spiro atoms. The number of benzene rings is 2. The van der Waals surface area contributed by atoms with Gasteiger partial charge in [-0.1, -0.05) is 23.2 Å². The zero-order valence-corrected chi connectivity index (χ0v) is 12.1. The molecule has 0 saturated carbocycles. The third-order valence-corrected chi connectivity index (χ3v) is 4.29. The van der Waals surface area contributed by atoms with E-state index in [1.807, 2.05) is 0 Å². The van der Waals surface area contributed by atoms with Crippen LogP contribution in [0.15, 0.2) is 41.3 Å². The van der Waals surface area contributed by atoms with E-state index in [-0.39, 0.29) is 26.4 Å². The Morgan fingerprint density at radius 2 is 1.80 bits per heavy atom. The van der Waals surface area contributed by atoms with Crippen molar-refractivity contribution in [1.29, 1.82) is 0 Å². The molecular weight excluding hydrogens is 328 g/mol. The summed E-state index contributed by atoms with van der Waals surface area (Å²) in [5, 5.41) is 9.50. The van der Waals surface area contributed by atoms with Crippen LogP contribution in [0.5, 0.6) is 5.75 Å². The molecule has 2 N–H and O–H groups in total. The second-order valence-corrected chi connectivity index (χ2v) is 6.37. The quantitative estimate of drug-likeness (QED) is 0.841. The Bertz CT molecular complexity index is 765. The van der Waals surface area contributed by atoms with Crippen molar-refractivity contribution in [2.75, 3.05) is 4.72 Å². The number of hydrogen-bond donors (Lipinski definition) is 2. The zero-order chi connectivity index (χ0) is 14.9. The summed E-state index contributed by atoms with van der Waals surface area (Å²) >= 11 is 11.3. The van der Waals surface area contributed by atoms with Crippen LogP contribution < -0.4 is 4.72 Å². The Kier molecular flexibility index (Phi) is 4.08. The van der Waals surface area contributed by atoms with Crippen LogP contribution in [-0.2, 0) is 10.0 Å².